The second-order valence-electron chi connectivity index (χ2n) is 2.73. The molecule has 13 heavy (non-hydrogen) atoms. The van der Waals surface area contributed by atoms with E-state index in [1.807, 2.05) is 12.3 Å². The minimum absolute atomic E-state index is 0.561. The molecule has 0 saturated heterocycles. The average molecular weight is 217 g/mol. The molecule has 5 heteroatoms. The minimum atomic E-state index is -0.843. The van der Waals surface area contributed by atoms with E-state index in [2.05, 4.69) is 0 Å². The van der Waals surface area contributed by atoms with Crippen LogP contribution in [0.5, 0.6) is 0 Å². The first-order valence-corrected chi connectivity index (χ1v) is 5.28. The molecular formula is C8H11NO2S2. The summed E-state index contributed by atoms with van der Waals surface area (Å²) in [5.74, 6) is -0.843. The average Bonchev–Trinajstić information content (AvgIpc) is 2.45. The van der Waals surface area contributed by atoms with Crippen molar-refractivity contribution in [3.8, 4) is 0 Å². The number of carboxylic acids is 1. The van der Waals surface area contributed by atoms with Gasteiger partial charge in [-0.05, 0) is 25.6 Å². The van der Waals surface area contributed by atoms with Crippen molar-refractivity contribution in [1.29, 1.82) is 0 Å². The zero-order chi connectivity index (χ0) is 10.0. The van der Waals surface area contributed by atoms with Crippen LogP contribution < -0.4 is 0 Å². The fourth-order valence-corrected chi connectivity index (χ4v) is 2.45. The van der Waals surface area contributed by atoms with Crippen LogP contribution in [-0.2, 0) is 11.2 Å². The van der Waals surface area contributed by atoms with E-state index < -0.39 is 12.0 Å². The number of carbonyl (C=O) groups is 1. The molecule has 0 fully saturated rings. The molecule has 0 aliphatic rings. The highest BCUT2D eigenvalue weighted by atomic mass is 32.1. The van der Waals surface area contributed by atoms with E-state index in [4.69, 9.17) is 17.3 Å². The third-order valence-electron chi connectivity index (χ3n) is 1.91. The molecule has 0 bridgehead atoms. The van der Waals surface area contributed by atoms with Crippen molar-refractivity contribution in [3.63, 3.8) is 0 Å². The molecule has 1 atom stereocenters. The molecule has 0 aliphatic heterocycles. The summed E-state index contributed by atoms with van der Waals surface area (Å²) in [5, 5.41) is 10.8. The molecule has 0 saturated carbocycles. The van der Waals surface area contributed by atoms with Crippen LogP contribution in [0.15, 0.2) is 5.38 Å². The molecule has 3 nitrogen and oxygen atoms in total. The van der Waals surface area contributed by atoms with Gasteiger partial charge >= 0.3 is 5.97 Å². The zero-order valence-electron chi connectivity index (χ0n) is 7.48. The Kier molecular flexibility index (Phi) is 3.22. The smallest absolute Gasteiger partial charge is 0.326 e. The van der Waals surface area contributed by atoms with E-state index in [0.717, 1.165) is 12.1 Å². The van der Waals surface area contributed by atoms with Gasteiger partial charge in [-0.3, -0.25) is 0 Å². The molecule has 1 aromatic heterocycles. The molecular weight excluding hydrogens is 206 g/mol. The summed E-state index contributed by atoms with van der Waals surface area (Å²) in [5.41, 5.74) is 0.991. The molecule has 0 aromatic carbocycles. The molecule has 1 unspecified atom stereocenters. The van der Waals surface area contributed by atoms with Crippen LogP contribution >= 0.6 is 23.6 Å². The molecule has 1 aromatic rings. The SMILES string of the molecule is CCc1csc(=S)n1C(C)C(=O)O. The van der Waals surface area contributed by atoms with Crippen LogP contribution in [-0.4, -0.2) is 15.6 Å². The standard InChI is InChI=1S/C8H11NO2S2/c1-3-6-4-13-8(12)9(6)5(2)7(10)11/h4-5H,3H2,1-2H3,(H,10,11). The summed E-state index contributed by atoms with van der Waals surface area (Å²) in [6, 6.07) is -0.561. The highest BCUT2D eigenvalue weighted by Crippen LogP contribution is 2.18. The van der Waals surface area contributed by atoms with E-state index in [9.17, 15) is 4.79 Å². The highest BCUT2D eigenvalue weighted by Gasteiger charge is 2.16. The maximum atomic E-state index is 10.8. The van der Waals surface area contributed by atoms with Gasteiger partial charge in [-0.2, -0.15) is 0 Å². The van der Waals surface area contributed by atoms with Crippen LogP contribution in [0.25, 0.3) is 0 Å². The number of rotatable bonds is 3. The van der Waals surface area contributed by atoms with E-state index in [-0.39, 0.29) is 0 Å². The summed E-state index contributed by atoms with van der Waals surface area (Å²) in [6.45, 7) is 3.63. The molecule has 72 valence electrons. The van der Waals surface area contributed by atoms with Crippen LogP contribution in [0.4, 0.5) is 0 Å². The summed E-state index contributed by atoms with van der Waals surface area (Å²) in [4.78, 5) is 10.8. The maximum absolute atomic E-state index is 10.8. The van der Waals surface area contributed by atoms with Crippen molar-refractivity contribution in [2.24, 2.45) is 0 Å². The number of aryl methyl sites for hydroxylation is 1. The molecule has 0 radical (unpaired) electrons. The zero-order valence-corrected chi connectivity index (χ0v) is 9.11. The van der Waals surface area contributed by atoms with Gasteiger partial charge in [0.25, 0.3) is 0 Å². The van der Waals surface area contributed by atoms with Crippen LogP contribution in [0, 0.1) is 3.95 Å². The lowest BCUT2D eigenvalue weighted by molar-refractivity contribution is -0.140. The summed E-state index contributed by atoms with van der Waals surface area (Å²) in [6.07, 6.45) is 0.810. The van der Waals surface area contributed by atoms with Crippen LogP contribution in [0.2, 0.25) is 0 Å². The lowest BCUT2D eigenvalue weighted by Gasteiger charge is -2.11. The Morgan fingerprint density at radius 1 is 1.85 bits per heavy atom. The van der Waals surface area contributed by atoms with E-state index in [1.54, 1.807) is 11.5 Å². The fraction of sp³-hybridized carbons (Fsp3) is 0.500. The van der Waals surface area contributed by atoms with Gasteiger partial charge in [-0.15, -0.1) is 11.3 Å². The van der Waals surface area contributed by atoms with E-state index >= 15 is 0 Å². The lowest BCUT2D eigenvalue weighted by Crippen LogP contribution is -2.17. The summed E-state index contributed by atoms with van der Waals surface area (Å²) in [7, 11) is 0. The Morgan fingerprint density at radius 2 is 2.46 bits per heavy atom. The van der Waals surface area contributed by atoms with Gasteiger partial charge < -0.3 is 9.67 Å². The Balaban J connectivity index is 3.18. The Morgan fingerprint density at radius 3 is 2.92 bits per heavy atom. The van der Waals surface area contributed by atoms with Gasteiger partial charge in [0.1, 0.15) is 6.04 Å². The monoisotopic (exact) mass is 217 g/mol. The Labute approximate surface area is 85.6 Å². The number of thiazole rings is 1. The molecule has 0 spiro atoms. The molecule has 0 aliphatic carbocycles. The summed E-state index contributed by atoms with van der Waals surface area (Å²) < 4.78 is 2.33. The number of nitrogens with zero attached hydrogens (tertiary/aromatic N) is 1. The number of carboxylic acid groups (broad SMARTS) is 1. The first-order chi connectivity index (χ1) is 6.07. The van der Waals surface area contributed by atoms with Crippen molar-refractivity contribution < 1.29 is 9.90 Å². The van der Waals surface area contributed by atoms with E-state index in [1.165, 1.54) is 11.3 Å². The Hall–Kier alpha value is -0.680. The fourth-order valence-electron chi connectivity index (χ4n) is 1.12. The molecule has 1 heterocycles. The van der Waals surface area contributed by atoms with Gasteiger partial charge in [0, 0.05) is 11.1 Å². The third-order valence-corrected chi connectivity index (χ3v) is 3.18. The number of hydrogen-bond acceptors (Lipinski definition) is 3. The first kappa shape index (κ1) is 10.4. The normalized spacial score (nSPS) is 12.8. The van der Waals surface area contributed by atoms with E-state index in [0.29, 0.717) is 3.95 Å². The first-order valence-electron chi connectivity index (χ1n) is 3.99. The van der Waals surface area contributed by atoms with Crippen molar-refractivity contribution in [1.82, 2.24) is 4.57 Å². The Bertz CT molecular complexity index is 366. The van der Waals surface area contributed by atoms with Crippen LogP contribution in [0.3, 0.4) is 0 Å². The maximum Gasteiger partial charge on any atom is 0.326 e. The van der Waals surface area contributed by atoms with Gasteiger partial charge in [0.05, 0.1) is 0 Å². The molecule has 1 rings (SSSR count). The second kappa shape index (κ2) is 4.02. The summed E-state index contributed by atoms with van der Waals surface area (Å²) >= 11 is 6.47. The number of aromatic nitrogens is 1. The molecule has 1 N–H and O–H groups in total. The van der Waals surface area contributed by atoms with Gasteiger partial charge in [-0.1, -0.05) is 6.92 Å². The third kappa shape index (κ3) is 1.97. The van der Waals surface area contributed by atoms with Gasteiger partial charge in [-0.25, -0.2) is 4.79 Å². The second-order valence-corrected chi connectivity index (χ2v) is 4.23. The lowest BCUT2D eigenvalue weighted by atomic mass is 10.3. The van der Waals surface area contributed by atoms with Crippen molar-refractivity contribution in [2.75, 3.05) is 0 Å². The van der Waals surface area contributed by atoms with Crippen molar-refractivity contribution >= 4 is 29.5 Å². The van der Waals surface area contributed by atoms with Gasteiger partial charge in [0.2, 0.25) is 0 Å². The quantitative estimate of drug-likeness (QED) is 0.791. The number of aliphatic carboxylic acids is 1. The largest absolute Gasteiger partial charge is 0.480 e. The highest BCUT2D eigenvalue weighted by molar-refractivity contribution is 7.73. The van der Waals surface area contributed by atoms with Crippen LogP contribution in [0.1, 0.15) is 25.6 Å². The predicted molar refractivity (Wildman–Crippen MR) is 54.9 cm³/mol. The van der Waals surface area contributed by atoms with Crippen molar-refractivity contribution in [2.45, 2.75) is 26.3 Å². The number of hydrogen-bond donors (Lipinski definition) is 1. The molecule has 0 amide bonds. The van der Waals surface area contributed by atoms with Crippen molar-refractivity contribution in [3.05, 3.63) is 15.0 Å². The van der Waals surface area contributed by atoms with Gasteiger partial charge in [0.15, 0.2) is 3.95 Å². The topological polar surface area (TPSA) is 42.2 Å². The minimum Gasteiger partial charge on any atom is -0.480 e. The predicted octanol–water partition coefficient (Wildman–Crippen LogP) is 2.49.